The van der Waals surface area contributed by atoms with Crippen LogP contribution in [-0.2, 0) is 4.74 Å². The number of nitrogens with zero attached hydrogens (tertiary/aromatic N) is 2. The zero-order valence-electron chi connectivity index (χ0n) is 9.66. The molecule has 86 valence electrons. The first-order valence-electron chi connectivity index (χ1n) is 5.44. The number of ether oxygens (including phenoxy) is 1. The molecule has 0 aliphatic carbocycles. The summed E-state index contributed by atoms with van der Waals surface area (Å²) in [5, 5.41) is 13.9. The second-order valence-corrected chi connectivity index (χ2v) is 3.78. The molecule has 0 aliphatic rings. The van der Waals surface area contributed by atoms with Crippen molar-refractivity contribution in [2.45, 2.75) is 39.3 Å². The van der Waals surface area contributed by atoms with Gasteiger partial charge in [0.25, 0.3) is 0 Å². The summed E-state index contributed by atoms with van der Waals surface area (Å²) < 4.78 is 5.58. The molecule has 5 heteroatoms. The first kappa shape index (κ1) is 12.1. The smallest absolute Gasteiger partial charge is 0.102 e. The lowest BCUT2D eigenvalue weighted by Gasteiger charge is -2.17. The SMILES string of the molecule is CCCNC(COC(C)C)c1cn[nH]n1. The van der Waals surface area contributed by atoms with Crippen LogP contribution in [0.4, 0.5) is 0 Å². The van der Waals surface area contributed by atoms with Gasteiger partial charge in [0.05, 0.1) is 24.9 Å². The second-order valence-electron chi connectivity index (χ2n) is 3.78. The van der Waals surface area contributed by atoms with Crippen LogP contribution in [0.25, 0.3) is 0 Å². The molecule has 0 aromatic carbocycles. The highest BCUT2D eigenvalue weighted by molar-refractivity contribution is 4.99. The lowest BCUT2D eigenvalue weighted by molar-refractivity contribution is 0.0603. The Morgan fingerprint density at radius 2 is 2.33 bits per heavy atom. The minimum absolute atomic E-state index is 0.131. The number of hydrogen-bond donors (Lipinski definition) is 2. The Morgan fingerprint density at radius 1 is 1.53 bits per heavy atom. The van der Waals surface area contributed by atoms with Crippen LogP contribution in [0.1, 0.15) is 38.9 Å². The van der Waals surface area contributed by atoms with E-state index in [4.69, 9.17) is 4.74 Å². The van der Waals surface area contributed by atoms with Crippen LogP contribution in [-0.4, -0.2) is 34.7 Å². The van der Waals surface area contributed by atoms with Gasteiger partial charge in [0.2, 0.25) is 0 Å². The molecule has 1 aromatic heterocycles. The Morgan fingerprint density at radius 3 is 2.87 bits per heavy atom. The van der Waals surface area contributed by atoms with Gasteiger partial charge < -0.3 is 10.1 Å². The fourth-order valence-corrected chi connectivity index (χ4v) is 1.23. The van der Waals surface area contributed by atoms with Crippen molar-refractivity contribution in [1.29, 1.82) is 0 Å². The van der Waals surface area contributed by atoms with Gasteiger partial charge in [-0.3, -0.25) is 0 Å². The summed E-state index contributed by atoms with van der Waals surface area (Å²) in [7, 11) is 0. The molecule has 1 aromatic rings. The Balaban J connectivity index is 2.46. The van der Waals surface area contributed by atoms with Crippen LogP contribution in [0.2, 0.25) is 0 Å². The Bertz CT molecular complexity index is 248. The molecule has 15 heavy (non-hydrogen) atoms. The molecule has 1 rings (SSSR count). The molecule has 5 nitrogen and oxygen atoms in total. The van der Waals surface area contributed by atoms with Crippen molar-refractivity contribution in [2.24, 2.45) is 0 Å². The molecule has 0 bridgehead atoms. The Kier molecular flexibility index (Phi) is 5.28. The average molecular weight is 212 g/mol. The predicted molar refractivity (Wildman–Crippen MR) is 58.5 cm³/mol. The molecule has 0 radical (unpaired) electrons. The predicted octanol–water partition coefficient (Wildman–Crippen LogP) is 1.27. The Labute approximate surface area is 90.6 Å². The van der Waals surface area contributed by atoms with Crippen LogP contribution in [0.5, 0.6) is 0 Å². The van der Waals surface area contributed by atoms with Crippen LogP contribution in [0, 0.1) is 0 Å². The van der Waals surface area contributed by atoms with Crippen molar-refractivity contribution in [2.75, 3.05) is 13.2 Å². The fourth-order valence-electron chi connectivity index (χ4n) is 1.23. The van der Waals surface area contributed by atoms with Gasteiger partial charge in [-0.2, -0.15) is 15.4 Å². The first-order valence-corrected chi connectivity index (χ1v) is 5.44. The largest absolute Gasteiger partial charge is 0.377 e. The Hall–Kier alpha value is -0.940. The van der Waals surface area contributed by atoms with Crippen molar-refractivity contribution >= 4 is 0 Å². The molecule has 0 aliphatic heterocycles. The molecule has 0 spiro atoms. The van der Waals surface area contributed by atoms with E-state index in [0.717, 1.165) is 18.7 Å². The number of H-pyrrole nitrogens is 1. The standard InChI is InChI=1S/C10H20N4O/c1-4-5-11-10(7-15-8(2)3)9-6-12-14-13-9/h6,8,10-11H,4-5,7H2,1-3H3,(H,12,13,14). The first-order chi connectivity index (χ1) is 7.24. The topological polar surface area (TPSA) is 62.8 Å². The van der Waals surface area contributed by atoms with E-state index in [1.807, 2.05) is 13.8 Å². The van der Waals surface area contributed by atoms with Gasteiger partial charge in [0.15, 0.2) is 0 Å². The normalized spacial score (nSPS) is 13.3. The number of rotatable bonds is 7. The number of hydrogen-bond acceptors (Lipinski definition) is 4. The molecule has 0 fully saturated rings. The van der Waals surface area contributed by atoms with E-state index in [1.165, 1.54) is 0 Å². The molecule has 0 saturated heterocycles. The zero-order valence-corrected chi connectivity index (χ0v) is 9.66. The summed E-state index contributed by atoms with van der Waals surface area (Å²) in [4.78, 5) is 0. The van der Waals surface area contributed by atoms with Gasteiger partial charge in [-0.1, -0.05) is 6.92 Å². The maximum Gasteiger partial charge on any atom is 0.102 e. The highest BCUT2D eigenvalue weighted by atomic mass is 16.5. The van der Waals surface area contributed by atoms with E-state index in [9.17, 15) is 0 Å². The molecule has 1 atom stereocenters. The second kappa shape index (κ2) is 6.53. The van der Waals surface area contributed by atoms with Gasteiger partial charge in [-0.05, 0) is 26.8 Å². The monoisotopic (exact) mass is 212 g/mol. The summed E-state index contributed by atoms with van der Waals surface area (Å²) >= 11 is 0. The maximum absolute atomic E-state index is 5.58. The lowest BCUT2D eigenvalue weighted by atomic mass is 10.2. The molecular formula is C10H20N4O. The molecule has 1 heterocycles. The summed E-state index contributed by atoms with van der Waals surface area (Å²) in [5.41, 5.74) is 0.907. The minimum Gasteiger partial charge on any atom is -0.377 e. The molecule has 1 unspecified atom stereocenters. The zero-order chi connectivity index (χ0) is 11.1. The third-order valence-electron chi connectivity index (χ3n) is 2.03. The van der Waals surface area contributed by atoms with Crippen molar-refractivity contribution in [3.05, 3.63) is 11.9 Å². The van der Waals surface area contributed by atoms with Gasteiger partial charge in [-0.25, -0.2) is 0 Å². The maximum atomic E-state index is 5.58. The highest BCUT2D eigenvalue weighted by Crippen LogP contribution is 2.09. The molecule has 2 N–H and O–H groups in total. The van der Waals surface area contributed by atoms with Gasteiger partial charge in [0.1, 0.15) is 5.69 Å². The summed E-state index contributed by atoms with van der Waals surface area (Å²) in [6.07, 6.45) is 3.07. The van der Waals surface area contributed by atoms with Crippen molar-refractivity contribution in [3.63, 3.8) is 0 Å². The molecule has 0 amide bonds. The third-order valence-corrected chi connectivity index (χ3v) is 2.03. The van der Waals surface area contributed by atoms with Crippen LogP contribution in [0.3, 0.4) is 0 Å². The van der Waals surface area contributed by atoms with Gasteiger partial charge in [-0.15, -0.1) is 0 Å². The summed E-state index contributed by atoms with van der Waals surface area (Å²) in [6.45, 7) is 7.78. The fraction of sp³-hybridized carbons (Fsp3) is 0.800. The van der Waals surface area contributed by atoms with Gasteiger partial charge >= 0.3 is 0 Å². The van der Waals surface area contributed by atoms with E-state index >= 15 is 0 Å². The number of nitrogens with one attached hydrogen (secondary N) is 2. The quantitative estimate of drug-likeness (QED) is 0.714. The average Bonchev–Trinajstić information content (AvgIpc) is 2.71. The van der Waals surface area contributed by atoms with Crippen molar-refractivity contribution in [1.82, 2.24) is 20.7 Å². The van der Waals surface area contributed by atoms with Crippen molar-refractivity contribution in [3.8, 4) is 0 Å². The lowest BCUT2D eigenvalue weighted by Crippen LogP contribution is -2.27. The summed E-state index contributed by atoms with van der Waals surface area (Å²) in [5.74, 6) is 0. The minimum atomic E-state index is 0.131. The molecule has 0 saturated carbocycles. The molecular weight excluding hydrogens is 192 g/mol. The van der Waals surface area contributed by atoms with Crippen LogP contribution >= 0.6 is 0 Å². The van der Waals surface area contributed by atoms with Crippen molar-refractivity contribution < 1.29 is 4.74 Å². The van der Waals surface area contributed by atoms with E-state index in [2.05, 4.69) is 27.7 Å². The van der Waals surface area contributed by atoms with Gasteiger partial charge in [0, 0.05) is 0 Å². The summed E-state index contributed by atoms with van der Waals surface area (Å²) in [6, 6.07) is 0.131. The van der Waals surface area contributed by atoms with E-state index in [-0.39, 0.29) is 12.1 Å². The third kappa shape index (κ3) is 4.40. The van der Waals surface area contributed by atoms with Crippen LogP contribution in [0.15, 0.2) is 6.20 Å². The number of aromatic amines is 1. The van der Waals surface area contributed by atoms with E-state index in [0.29, 0.717) is 6.61 Å². The van der Waals surface area contributed by atoms with Crippen LogP contribution < -0.4 is 5.32 Å². The van der Waals surface area contributed by atoms with E-state index < -0.39 is 0 Å². The number of aromatic nitrogens is 3. The van der Waals surface area contributed by atoms with E-state index in [1.54, 1.807) is 6.20 Å². The highest BCUT2D eigenvalue weighted by Gasteiger charge is 2.13.